The summed E-state index contributed by atoms with van der Waals surface area (Å²) in [5, 5.41) is 5.52. The summed E-state index contributed by atoms with van der Waals surface area (Å²) >= 11 is 0. The van der Waals surface area contributed by atoms with Crippen LogP contribution in [0.5, 0.6) is 0 Å². The fourth-order valence-electron chi connectivity index (χ4n) is 4.37. The molecule has 2 aliphatic rings. The van der Waals surface area contributed by atoms with Crippen molar-refractivity contribution in [1.29, 1.82) is 0 Å². The third-order valence-electron chi connectivity index (χ3n) is 6.52. The van der Waals surface area contributed by atoms with Gasteiger partial charge in [-0.05, 0) is 50.5 Å². The molecule has 1 saturated carbocycles. The SMILES string of the molecule is CCC1CCC2(CC1)NC(=O)N(CC(=O)OCCNC(=O)CCc1ccc(C)cc1)C2=O. The van der Waals surface area contributed by atoms with Crippen LogP contribution < -0.4 is 10.6 Å². The normalized spacial score (nSPS) is 22.7. The summed E-state index contributed by atoms with van der Waals surface area (Å²) in [6, 6.07) is 7.48. The molecule has 3 rings (SSSR count). The van der Waals surface area contributed by atoms with Crippen molar-refractivity contribution in [3.05, 3.63) is 35.4 Å². The molecule has 1 heterocycles. The molecular weight excluding hydrogens is 410 g/mol. The maximum atomic E-state index is 12.8. The summed E-state index contributed by atoms with van der Waals surface area (Å²) in [6.07, 6.45) is 5.05. The number of hydrogen-bond acceptors (Lipinski definition) is 5. The van der Waals surface area contributed by atoms with E-state index in [1.54, 1.807) is 0 Å². The van der Waals surface area contributed by atoms with Crippen molar-refractivity contribution in [3.8, 4) is 0 Å². The number of esters is 1. The Bertz CT molecular complexity index is 844. The van der Waals surface area contributed by atoms with E-state index in [1.807, 2.05) is 31.2 Å². The van der Waals surface area contributed by atoms with E-state index in [9.17, 15) is 19.2 Å². The molecule has 32 heavy (non-hydrogen) atoms. The van der Waals surface area contributed by atoms with Gasteiger partial charge in [-0.3, -0.25) is 19.3 Å². The van der Waals surface area contributed by atoms with E-state index in [4.69, 9.17) is 4.74 Å². The topological polar surface area (TPSA) is 105 Å². The first-order chi connectivity index (χ1) is 15.3. The number of carbonyl (C=O) groups excluding carboxylic acids is 4. The molecule has 0 atom stereocenters. The van der Waals surface area contributed by atoms with Gasteiger partial charge in [0, 0.05) is 6.42 Å². The lowest BCUT2D eigenvalue weighted by atomic mass is 9.75. The van der Waals surface area contributed by atoms with Crippen LogP contribution >= 0.6 is 0 Å². The van der Waals surface area contributed by atoms with Crippen LogP contribution in [0.25, 0.3) is 0 Å². The van der Waals surface area contributed by atoms with Crippen molar-refractivity contribution in [2.24, 2.45) is 5.92 Å². The molecule has 1 aromatic carbocycles. The van der Waals surface area contributed by atoms with Crippen molar-refractivity contribution in [1.82, 2.24) is 15.5 Å². The van der Waals surface area contributed by atoms with Crippen LogP contribution in [0.2, 0.25) is 0 Å². The zero-order valence-electron chi connectivity index (χ0n) is 18.9. The van der Waals surface area contributed by atoms with E-state index in [1.165, 1.54) is 5.56 Å². The molecule has 8 nitrogen and oxygen atoms in total. The first kappa shape index (κ1) is 23.8. The van der Waals surface area contributed by atoms with Gasteiger partial charge in [0.25, 0.3) is 5.91 Å². The smallest absolute Gasteiger partial charge is 0.326 e. The molecule has 1 aromatic rings. The van der Waals surface area contributed by atoms with Crippen LogP contribution in [0.4, 0.5) is 4.79 Å². The van der Waals surface area contributed by atoms with E-state index < -0.39 is 24.1 Å². The molecule has 0 bridgehead atoms. The number of nitrogens with one attached hydrogen (secondary N) is 2. The summed E-state index contributed by atoms with van der Waals surface area (Å²) in [5.74, 6) is -0.545. The monoisotopic (exact) mass is 443 g/mol. The van der Waals surface area contributed by atoms with Crippen molar-refractivity contribution < 1.29 is 23.9 Å². The van der Waals surface area contributed by atoms with Gasteiger partial charge in [0.1, 0.15) is 18.7 Å². The van der Waals surface area contributed by atoms with E-state index in [-0.39, 0.29) is 25.0 Å². The van der Waals surface area contributed by atoms with Crippen LogP contribution in [0.3, 0.4) is 0 Å². The lowest BCUT2D eigenvalue weighted by Crippen LogP contribution is -2.49. The van der Waals surface area contributed by atoms with E-state index >= 15 is 0 Å². The van der Waals surface area contributed by atoms with Gasteiger partial charge in [-0.1, -0.05) is 43.2 Å². The van der Waals surface area contributed by atoms with Crippen molar-refractivity contribution in [3.63, 3.8) is 0 Å². The number of aryl methyl sites for hydroxylation is 2. The number of rotatable bonds is 9. The van der Waals surface area contributed by atoms with Crippen molar-refractivity contribution in [2.75, 3.05) is 19.7 Å². The summed E-state index contributed by atoms with van der Waals surface area (Å²) in [7, 11) is 0. The van der Waals surface area contributed by atoms with Crippen LogP contribution in [0, 0.1) is 12.8 Å². The Morgan fingerprint density at radius 3 is 2.53 bits per heavy atom. The molecule has 2 fully saturated rings. The minimum Gasteiger partial charge on any atom is -0.462 e. The van der Waals surface area contributed by atoms with Gasteiger partial charge < -0.3 is 15.4 Å². The lowest BCUT2D eigenvalue weighted by Gasteiger charge is -2.34. The molecule has 2 N–H and O–H groups in total. The van der Waals surface area contributed by atoms with Gasteiger partial charge in [-0.2, -0.15) is 0 Å². The Hall–Kier alpha value is -2.90. The number of imide groups is 1. The largest absolute Gasteiger partial charge is 0.462 e. The van der Waals surface area contributed by atoms with E-state index in [0.717, 1.165) is 29.7 Å². The molecular formula is C24H33N3O5. The van der Waals surface area contributed by atoms with Crippen molar-refractivity contribution in [2.45, 2.75) is 64.3 Å². The number of benzene rings is 1. The first-order valence-corrected chi connectivity index (χ1v) is 11.4. The second-order valence-corrected chi connectivity index (χ2v) is 8.81. The minimum atomic E-state index is -0.867. The number of nitrogens with zero attached hydrogens (tertiary/aromatic N) is 1. The molecule has 8 heteroatoms. The maximum Gasteiger partial charge on any atom is 0.326 e. The second-order valence-electron chi connectivity index (χ2n) is 8.81. The fraction of sp³-hybridized carbons (Fsp3) is 0.583. The first-order valence-electron chi connectivity index (χ1n) is 11.4. The van der Waals surface area contributed by atoms with Gasteiger partial charge in [-0.25, -0.2) is 4.79 Å². The van der Waals surface area contributed by atoms with Gasteiger partial charge in [0.15, 0.2) is 0 Å². The number of hydrogen-bond donors (Lipinski definition) is 2. The lowest BCUT2D eigenvalue weighted by molar-refractivity contribution is -0.148. The fourth-order valence-corrected chi connectivity index (χ4v) is 4.37. The molecule has 174 valence electrons. The standard InChI is InChI=1S/C24H33N3O5/c1-3-18-10-12-24(13-11-18)22(30)27(23(31)26-24)16-21(29)32-15-14-25-20(28)9-8-19-6-4-17(2)5-7-19/h4-7,18H,3,8-16H2,1-2H3,(H,25,28)(H,26,31). The Kier molecular flexibility index (Phi) is 7.88. The number of amides is 4. The molecule has 0 unspecified atom stereocenters. The molecule has 4 amide bonds. The highest BCUT2D eigenvalue weighted by atomic mass is 16.5. The Morgan fingerprint density at radius 2 is 1.88 bits per heavy atom. The van der Waals surface area contributed by atoms with E-state index in [2.05, 4.69) is 17.6 Å². The summed E-state index contributed by atoms with van der Waals surface area (Å²) in [6.45, 7) is 3.90. The van der Waals surface area contributed by atoms with Gasteiger partial charge >= 0.3 is 12.0 Å². The van der Waals surface area contributed by atoms with Crippen LogP contribution in [-0.4, -0.2) is 54.0 Å². The van der Waals surface area contributed by atoms with Crippen molar-refractivity contribution >= 4 is 23.8 Å². The zero-order valence-corrected chi connectivity index (χ0v) is 18.9. The molecule has 1 saturated heterocycles. The minimum absolute atomic E-state index is 0.0118. The molecule has 0 radical (unpaired) electrons. The molecule has 1 spiro atoms. The zero-order chi connectivity index (χ0) is 23.1. The van der Waals surface area contributed by atoms with Gasteiger partial charge in [0.05, 0.1) is 6.54 Å². The summed E-state index contributed by atoms with van der Waals surface area (Å²) < 4.78 is 5.11. The Labute approximate surface area is 189 Å². The highest BCUT2D eigenvalue weighted by Crippen LogP contribution is 2.37. The molecule has 0 aromatic heterocycles. The van der Waals surface area contributed by atoms with Crippen LogP contribution in [0.15, 0.2) is 24.3 Å². The van der Waals surface area contributed by atoms with Crippen LogP contribution in [-0.2, 0) is 25.5 Å². The third-order valence-corrected chi connectivity index (χ3v) is 6.52. The highest BCUT2D eigenvalue weighted by molar-refractivity contribution is 6.08. The predicted octanol–water partition coefficient (Wildman–Crippen LogP) is 2.48. The van der Waals surface area contributed by atoms with Gasteiger partial charge in [0.2, 0.25) is 5.91 Å². The highest BCUT2D eigenvalue weighted by Gasteiger charge is 2.52. The Morgan fingerprint density at radius 1 is 1.19 bits per heavy atom. The third kappa shape index (κ3) is 5.87. The average molecular weight is 444 g/mol. The predicted molar refractivity (Wildman–Crippen MR) is 119 cm³/mol. The van der Waals surface area contributed by atoms with E-state index in [0.29, 0.717) is 31.6 Å². The number of carbonyl (C=O) groups is 4. The van der Waals surface area contributed by atoms with Gasteiger partial charge in [-0.15, -0.1) is 0 Å². The average Bonchev–Trinajstić information content (AvgIpc) is 3.01. The summed E-state index contributed by atoms with van der Waals surface area (Å²) in [4.78, 5) is 50.2. The second kappa shape index (κ2) is 10.6. The van der Waals surface area contributed by atoms with Crippen LogP contribution in [0.1, 0.15) is 56.6 Å². The summed E-state index contributed by atoms with van der Waals surface area (Å²) in [5.41, 5.74) is 1.40. The Balaban J connectivity index is 1.35. The number of urea groups is 1. The number of ether oxygens (including phenoxy) is 1. The molecule has 1 aliphatic heterocycles. The maximum absolute atomic E-state index is 12.8. The quantitative estimate of drug-likeness (QED) is 0.347. The molecule has 1 aliphatic carbocycles.